The highest BCUT2D eigenvalue weighted by Gasteiger charge is 2.29. The third-order valence-corrected chi connectivity index (χ3v) is 4.70. The summed E-state index contributed by atoms with van der Waals surface area (Å²) in [6, 6.07) is 2.44. The lowest BCUT2D eigenvalue weighted by Crippen LogP contribution is -2.45. The standard InChI is InChI=1S/C15H25N5OS/c1-12(11-22-3)18-15(21)20-8-5-13(9-20)19(2)10-14-16-6-4-7-17-14/h4,6-7,12-13H,5,8-11H2,1-3H3,(H,18,21)/t12-,13+/m0/s1. The molecule has 0 aromatic carbocycles. The van der Waals surface area contributed by atoms with E-state index in [0.29, 0.717) is 12.6 Å². The highest BCUT2D eigenvalue weighted by molar-refractivity contribution is 7.98. The van der Waals surface area contributed by atoms with Gasteiger partial charge in [0.2, 0.25) is 0 Å². The molecule has 2 heterocycles. The van der Waals surface area contributed by atoms with Gasteiger partial charge in [0.1, 0.15) is 5.82 Å². The van der Waals surface area contributed by atoms with Crippen molar-refractivity contribution in [3.63, 3.8) is 0 Å². The number of hydrogen-bond acceptors (Lipinski definition) is 5. The smallest absolute Gasteiger partial charge is 0.317 e. The summed E-state index contributed by atoms with van der Waals surface area (Å²) in [7, 11) is 2.07. The zero-order valence-corrected chi connectivity index (χ0v) is 14.3. The maximum Gasteiger partial charge on any atom is 0.317 e. The molecule has 0 unspecified atom stereocenters. The summed E-state index contributed by atoms with van der Waals surface area (Å²) < 4.78 is 0. The van der Waals surface area contributed by atoms with Crippen LogP contribution in [0.5, 0.6) is 0 Å². The molecule has 1 N–H and O–H groups in total. The summed E-state index contributed by atoms with van der Waals surface area (Å²) in [5, 5.41) is 3.05. The molecule has 1 aromatic heterocycles. The number of hydrogen-bond donors (Lipinski definition) is 1. The van der Waals surface area contributed by atoms with Crippen LogP contribution in [0.1, 0.15) is 19.2 Å². The van der Waals surface area contributed by atoms with E-state index in [1.54, 1.807) is 24.2 Å². The van der Waals surface area contributed by atoms with Gasteiger partial charge in [-0.15, -0.1) is 0 Å². The van der Waals surface area contributed by atoms with Gasteiger partial charge in [0.25, 0.3) is 0 Å². The molecule has 7 heteroatoms. The van der Waals surface area contributed by atoms with Crippen LogP contribution < -0.4 is 5.32 Å². The number of carbonyl (C=O) groups is 1. The topological polar surface area (TPSA) is 61.4 Å². The Morgan fingerprint density at radius 2 is 2.27 bits per heavy atom. The van der Waals surface area contributed by atoms with Crippen LogP contribution >= 0.6 is 11.8 Å². The molecule has 122 valence electrons. The van der Waals surface area contributed by atoms with E-state index in [-0.39, 0.29) is 12.1 Å². The average molecular weight is 323 g/mol. The number of likely N-dealkylation sites (tertiary alicyclic amines) is 1. The predicted octanol–water partition coefficient (Wildman–Crippen LogP) is 1.44. The quantitative estimate of drug-likeness (QED) is 0.858. The highest BCUT2D eigenvalue weighted by Crippen LogP contribution is 2.16. The van der Waals surface area contributed by atoms with Crippen molar-refractivity contribution in [1.29, 1.82) is 0 Å². The number of rotatable bonds is 6. The van der Waals surface area contributed by atoms with E-state index < -0.39 is 0 Å². The first-order valence-electron chi connectivity index (χ1n) is 7.60. The Hall–Kier alpha value is -1.34. The summed E-state index contributed by atoms with van der Waals surface area (Å²) in [6.45, 7) is 4.33. The molecule has 0 saturated carbocycles. The fraction of sp³-hybridized carbons (Fsp3) is 0.667. The van der Waals surface area contributed by atoms with Gasteiger partial charge < -0.3 is 10.2 Å². The van der Waals surface area contributed by atoms with Crippen molar-refractivity contribution in [2.24, 2.45) is 0 Å². The summed E-state index contributed by atoms with van der Waals surface area (Å²) >= 11 is 1.75. The number of nitrogens with zero attached hydrogens (tertiary/aromatic N) is 4. The van der Waals surface area contributed by atoms with E-state index in [4.69, 9.17) is 0 Å². The van der Waals surface area contributed by atoms with Crippen LogP contribution in [0, 0.1) is 0 Å². The number of likely N-dealkylation sites (N-methyl/N-ethyl adjacent to an activating group) is 1. The van der Waals surface area contributed by atoms with E-state index in [9.17, 15) is 4.79 Å². The maximum absolute atomic E-state index is 12.2. The molecule has 2 rings (SSSR count). The molecule has 1 aromatic rings. The lowest BCUT2D eigenvalue weighted by molar-refractivity contribution is 0.194. The van der Waals surface area contributed by atoms with Crippen molar-refractivity contribution >= 4 is 17.8 Å². The molecule has 0 radical (unpaired) electrons. The molecule has 0 bridgehead atoms. The van der Waals surface area contributed by atoms with Crippen LogP contribution in [0.15, 0.2) is 18.5 Å². The van der Waals surface area contributed by atoms with Crippen LogP contribution in [-0.4, -0.2) is 70.0 Å². The summed E-state index contributed by atoms with van der Waals surface area (Å²) in [6.07, 6.45) is 6.57. The fourth-order valence-electron chi connectivity index (χ4n) is 2.64. The van der Waals surface area contributed by atoms with Gasteiger partial charge in [0.05, 0.1) is 6.54 Å². The largest absolute Gasteiger partial charge is 0.335 e. The Balaban J connectivity index is 1.80. The lowest BCUT2D eigenvalue weighted by atomic mass is 10.2. The Bertz CT molecular complexity index is 472. The second kappa shape index (κ2) is 8.33. The predicted molar refractivity (Wildman–Crippen MR) is 89.9 cm³/mol. The Labute approximate surface area is 136 Å². The Kier molecular flexibility index (Phi) is 6.45. The van der Waals surface area contributed by atoms with Crippen molar-refractivity contribution in [3.05, 3.63) is 24.3 Å². The molecular formula is C15H25N5OS. The average Bonchev–Trinajstić information content (AvgIpc) is 2.98. The Morgan fingerprint density at radius 1 is 1.55 bits per heavy atom. The molecular weight excluding hydrogens is 298 g/mol. The summed E-state index contributed by atoms with van der Waals surface area (Å²) in [5.41, 5.74) is 0. The van der Waals surface area contributed by atoms with E-state index in [1.165, 1.54) is 0 Å². The van der Waals surface area contributed by atoms with Gasteiger partial charge >= 0.3 is 6.03 Å². The van der Waals surface area contributed by atoms with Crippen LogP contribution in [0.3, 0.4) is 0 Å². The molecule has 1 fully saturated rings. The van der Waals surface area contributed by atoms with Crippen molar-refractivity contribution in [2.75, 3.05) is 32.1 Å². The van der Waals surface area contributed by atoms with Crippen molar-refractivity contribution < 1.29 is 4.79 Å². The van der Waals surface area contributed by atoms with Crippen LogP contribution in [-0.2, 0) is 6.54 Å². The molecule has 0 spiro atoms. The molecule has 1 aliphatic heterocycles. The molecule has 1 aliphatic rings. The fourth-order valence-corrected chi connectivity index (χ4v) is 3.23. The monoisotopic (exact) mass is 323 g/mol. The van der Waals surface area contributed by atoms with Crippen LogP contribution in [0.4, 0.5) is 4.79 Å². The number of urea groups is 1. The van der Waals surface area contributed by atoms with Crippen molar-refractivity contribution in [2.45, 2.75) is 32.0 Å². The number of amides is 2. The number of aromatic nitrogens is 2. The zero-order valence-electron chi connectivity index (χ0n) is 13.5. The first-order chi connectivity index (χ1) is 10.6. The maximum atomic E-state index is 12.2. The van der Waals surface area contributed by atoms with Crippen LogP contribution in [0.25, 0.3) is 0 Å². The van der Waals surface area contributed by atoms with Gasteiger partial charge in [-0.05, 0) is 32.7 Å². The second-order valence-corrected chi connectivity index (χ2v) is 6.69. The van der Waals surface area contributed by atoms with Gasteiger partial charge in [0, 0.05) is 43.3 Å². The summed E-state index contributed by atoms with van der Waals surface area (Å²) in [5.74, 6) is 1.76. The molecule has 22 heavy (non-hydrogen) atoms. The minimum absolute atomic E-state index is 0.0495. The summed E-state index contributed by atoms with van der Waals surface area (Å²) in [4.78, 5) is 24.9. The first-order valence-corrected chi connectivity index (χ1v) is 9.00. The zero-order chi connectivity index (χ0) is 15.9. The van der Waals surface area contributed by atoms with Crippen molar-refractivity contribution in [3.8, 4) is 0 Å². The van der Waals surface area contributed by atoms with Crippen molar-refractivity contribution in [1.82, 2.24) is 25.1 Å². The number of nitrogens with one attached hydrogen (secondary N) is 1. The van der Waals surface area contributed by atoms with Gasteiger partial charge in [-0.3, -0.25) is 4.90 Å². The highest BCUT2D eigenvalue weighted by atomic mass is 32.2. The number of thioether (sulfide) groups is 1. The Morgan fingerprint density at radius 3 is 2.95 bits per heavy atom. The van der Waals surface area contributed by atoms with Crippen LogP contribution in [0.2, 0.25) is 0 Å². The van der Waals surface area contributed by atoms with Gasteiger partial charge in [-0.25, -0.2) is 14.8 Å². The molecule has 1 saturated heterocycles. The van der Waals surface area contributed by atoms with Gasteiger partial charge in [0.15, 0.2) is 0 Å². The minimum Gasteiger partial charge on any atom is -0.335 e. The normalized spacial score (nSPS) is 19.5. The van der Waals surface area contributed by atoms with E-state index >= 15 is 0 Å². The van der Waals surface area contributed by atoms with E-state index in [2.05, 4.69) is 33.5 Å². The SMILES string of the molecule is CSC[C@H](C)NC(=O)N1CC[C@@H](N(C)Cc2ncccn2)C1. The first kappa shape index (κ1) is 17.0. The number of carbonyl (C=O) groups excluding carboxylic acids is 1. The van der Waals surface area contributed by atoms with E-state index in [1.807, 2.05) is 17.9 Å². The molecule has 2 amide bonds. The molecule has 0 aliphatic carbocycles. The van der Waals surface area contributed by atoms with E-state index in [0.717, 1.165) is 31.1 Å². The molecule has 6 nitrogen and oxygen atoms in total. The third kappa shape index (κ3) is 4.84. The van der Waals surface area contributed by atoms with Gasteiger partial charge in [-0.1, -0.05) is 0 Å². The second-order valence-electron chi connectivity index (χ2n) is 5.77. The van der Waals surface area contributed by atoms with Gasteiger partial charge in [-0.2, -0.15) is 11.8 Å². The molecule has 2 atom stereocenters. The third-order valence-electron chi connectivity index (χ3n) is 3.87. The minimum atomic E-state index is 0.0495. The lowest BCUT2D eigenvalue weighted by Gasteiger charge is -2.24.